The van der Waals surface area contributed by atoms with Crippen molar-refractivity contribution >= 4 is 22.7 Å². The quantitative estimate of drug-likeness (QED) is 0.506. The molecule has 0 rings (SSSR count). The van der Waals surface area contributed by atoms with Crippen molar-refractivity contribution in [2.45, 2.75) is 13.3 Å². The van der Waals surface area contributed by atoms with Crippen molar-refractivity contribution in [3.05, 3.63) is 0 Å². The Bertz CT molecular complexity index is 46.8. The predicted molar refractivity (Wildman–Crippen MR) is 33.3 cm³/mol. The zero-order valence-electron chi connectivity index (χ0n) is 3.69. The predicted octanol–water partition coefficient (Wildman–Crippen LogP) is 1.39. The first-order valence-electron chi connectivity index (χ1n) is 1.80. The SMILES string of the molecule is CCC(=O)PP. The summed E-state index contributed by atoms with van der Waals surface area (Å²) >= 11 is 0. The molecule has 1 nitrogen and oxygen atoms in total. The number of carbonyl (C=O) groups is 1. The van der Waals surface area contributed by atoms with Crippen LogP contribution in [-0.2, 0) is 4.79 Å². The van der Waals surface area contributed by atoms with Gasteiger partial charge in [-0.3, -0.25) is 4.79 Å². The monoisotopic (exact) mass is 122 g/mol. The van der Waals surface area contributed by atoms with Crippen LogP contribution in [0, 0.1) is 0 Å². The molecule has 0 aromatic heterocycles. The van der Waals surface area contributed by atoms with Crippen LogP contribution in [0.25, 0.3) is 0 Å². The van der Waals surface area contributed by atoms with Gasteiger partial charge in [-0.2, -0.15) is 0 Å². The fourth-order valence-electron chi connectivity index (χ4n) is 0.102. The summed E-state index contributed by atoms with van der Waals surface area (Å²) in [6.45, 7) is 1.87. The summed E-state index contributed by atoms with van der Waals surface area (Å²) in [7, 11) is 2.83. The maximum atomic E-state index is 10.2. The van der Waals surface area contributed by atoms with Crippen LogP contribution in [0.3, 0.4) is 0 Å². The minimum absolute atomic E-state index is 0.333. The molecule has 0 radical (unpaired) electrons. The molecule has 0 spiro atoms. The first-order chi connectivity index (χ1) is 2.81. The van der Waals surface area contributed by atoms with Crippen molar-refractivity contribution < 1.29 is 4.79 Å². The molecule has 0 aromatic rings. The summed E-state index contributed by atoms with van der Waals surface area (Å²) in [6, 6.07) is 0. The van der Waals surface area contributed by atoms with Crippen molar-refractivity contribution in [2.75, 3.05) is 0 Å². The summed E-state index contributed by atoms with van der Waals surface area (Å²) in [6.07, 6.45) is 0.682. The van der Waals surface area contributed by atoms with Crippen LogP contribution in [0.2, 0.25) is 0 Å². The molecule has 0 aliphatic rings. The molecule has 0 saturated carbocycles. The molecule has 0 heterocycles. The van der Waals surface area contributed by atoms with Gasteiger partial charge in [0.25, 0.3) is 0 Å². The molecule has 2 unspecified atom stereocenters. The number of hydrogen-bond acceptors (Lipinski definition) is 1. The second-order valence-electron chi connectivity index (χ2n) is 0.921. The fraction of sp³-hybridized carbons (Fsp3) is 0.667. The Balaban J connectivity index is 2.99. The molecule has 0 fully saturated rings. The van der Waals surface area contributed by atoms with Crippen molar-refractivity contribution in [1.29, 1.82) is 0 Å². The van der Waals surface area contributed by atoms with Gasteiger partial charge in [-0.1, -0.05) is 6.92 Å². The van der Waals surface area contributed by atoms with Crippen molar-refractivity contribution in [3.63, 3.8) is 0 Å². The Hall–Kier alpha value is 0.530. The third kappa shape index (κ3) is 2.75. The molecule has 0 aliphatic heterocycles. The van der Waals surface area contributed by atoms with E-state index in [9.17, 15) is 4.79 Å². The van der Waals surface area contributed by atoms with Gasteiger partial charge in [0, 0.05) is 6.42 Å². The van der Waals surface area contributed by atoms with Gasteiger partial charge >= 0.3 is 0 Å². The Morgan fingerprint density at radius 2 is 2.50 bits per heavy atom. The summed E-state index contributed by atoms with van der Waals surface area (Å²) in [5, 5.41) is 0. The average molecular weight is 122 g/mol. The molecule has 0 amide bonds. The molecular weight excluding hydrogens is 114 g/mol. The standard InChI is InChI=1S/C3H8OP2/c1-2-3(4)6-5/h6H,2,5H2,1H3. The molecule has 6 heavy (non-hydrogen) atoms. The summed E-state index contributed by atoms with van der Waals surface area (Å²) in [5.41, 5.74) is 0.333. The Labute approximate surface area is 41.8 Å². The van der Waals surface area contributed by atoms with E-state index in [-0.39, 0.29) is 0 Å². The van der Waals surface area contributed by atoms with Gasteiger partial charge in [0.15, 0.2) is 5.52 Å². The van der Waals surface area contributed by atoms with Crippen molar-refractivity contribution in [2.24, 2.45) is 0 Å². The van der Waals surface area contributed by atoms with E-state index in [1.165, 1.54) is 0 Å². The first-order valence-corrected chi connectivity index (χ1v) is 4.61. The molecule has 0 N–H and O–H groups in total. The van der Waals surface area contributed by atoms with E-state index in [4.69, 9.17) is 0 Å². The van der Waals surface area contributed by atoms with Gasteiger partial charge < -0.3 is 0 Å². The van der Waals surface area contributed by atoms with Gasteiger partial charge in [-0.05, 0) is 8.27 Å². The summed E-state index contributed by atoms with van der Waals surface area (Å²) in [4.78, 5) is 10.2. The van der Waals surface area contributed by atoms with Gasteiger partial charge in [-0.15, -0.1) is 8.93 Å². The highest BCUT2D eigenvalue weighted by Crippen LogP contribution is 2.21. The van der Waals surface area contributed by atoms with Crippen LogP contribution in [-0.4, -0.2) is 5.52 Å². The van der Waals surface area contributed by atoms with Gasteiger partial charge in [0.05, 0.1) is 0 Å². The van der Waals surface area contributed by atoms with E-state index in [1.54, 1.807) is 0 Å². The minimum Gasteiger partial charge on any atom is -0.295 e. The van der Waals surface area contributed by atoms with E-state index in [1.807, 2.05) is 6.92 Å². The fourth-order valence-corrected chi connectivity index (χ4v) is 0.919. The number of hydrogen-bond donors (Lipinski definition) is 0. The third-order valence-electron chi connectivity index (χ3n) is 0.482. The second-order valence-corrected chi connectivity index (χ2v) is 2.63. The topological polar surface area (TPSA) is 17.1 Å². The van der Waals surface area contributed by atoms with Crippen molar-refractivity contribution in [1.82, 2.24) is 0 Å². The van der Waals surface area contributed by atoms with Crippen LogP contribution in [0.1, 0.15) is 13.3 Å². The van der Waals surface area contributed by atoms with Gasteiger partial charge in [0.1, 0.15) is 0 Å². The lowest BCUT2D eigenvalue weighted by Gasteiger charge is -1.81. The molecule has 36 valence electrons. The lowest BCUT2D eigenvalue weighted by Crippen LogP contribution is -1.76. The van der Waals surface area contributed by atoms with E-state index in [0.717, 1.165) is 0 Å². The summed E-state index contributed by atoms with van der Waals surface area (Å²) in [5.74, 6) is 0. The molecule has 0 saturated heterocycles. The van der Waals surface area contributed by atoms with E-state index >= 15 is 0 Å². The molecule has 2 atom stereocenters. The van der Waals surface area contributed by atoms with Crippen LogP contribution in [0.5, 0.6) is 0 Å². The van der Waals surface area contributed by atoms with Crippen LogP contribution < -0.4 is 0 Å². The molecular formula is C3H8OP2. The second kappa shape index (κ2) is 3.71. The highest BCUT2D eigenvalue weighted by Gasteiger charge is 1.86. The highest BCUT2D eigenvalue weighted by atomic mass is 32.0. The van der Waals surface area contributed by atoms with E-state index in [2.05, 4.69) is 8.93 Å². The smallest absolute Gasteiger partial charge is 0.154 e. The normalized spacial score (nSPS) is 10.3. The number of rotatable bonds is 2. The molecule has 0 aliphatic carbocycles. The lowest BCUT2D eigenvalue weighted by molar-refractivity contribution is -0.110. The zero-order valence-corrected chi connectivity index (χ0v) is 5.85. The lowest BCUT2D eigenvalue weighted by atomic mass is 10.6. The Morgan fingerprint density at radius 3 is 2.50 bits per heavy atom. The molecule has 0 aromatic carbocycles. The highest BCUT2D eigenvalue weighted by molar-refractivity contribution is 8.11. The zero-order chi connectivity index (χ0) is 4.99. The third-order valence-corrected chi connectivity index (χ3v) is 2.12. The first kappa shape index (κ1) is 6.53. The maximum absolute atomic E-state index is 10.2. The van der Waals surface area contributed by atoms with E-state index in [0.29, 0.717) is 20.2 Å². The van der Waals surface area contributed by atoms with Gasteiger partial charge in [-0.25, -0.2) is 0 Å². The van der Waals surface area contributed by atoms with Crippen molar-refractivity contribution in [3.8, 4) is 0 Å². The Kier molecular flexibility index (Phi) is 4.04. The van der Waals surface area contributed by atoms with E-state index < -0.39 is 0 Å². The molecule has 0 bridgehead atoms. The Morgan fingerprint density at radius 1 is 2.00 bits per heavy atom. The number of carbonyl (C=O) groups excluding carboxylic acids is 1. The minimum atomic E-state index is 0.333. The van der Waals surface area contributed by atoms with Crippen LogP contribution in [0.4, 0.5) is 0 Å². The summed E-state index contributed by atoms with van der Waals surface area (Å²) < 4.78 is 0. The van der Waals surface area contributed by atoms with Crippen LogP contribution in [0.15, 0.2) is 0 Å². The van der Waals surface area contributed by atoms with Crippen LogP contribution >= 0.6 is 17.2 Å². The maximum Gasteiger partial charge on any atom is 0.154 e. The average Bonchev–Trinajstić information content (AvgIpc) is 1.65. The largest absolute Gasteiger partial charge is 0.295 e. The van der Waals surface area contributed by atoms with Gasteiger partial charge in [0.2, 0.25) is 0 Å². The molecule has 3 heteroatoms.